The van der Waals surface area contributed by atoms with E-state index in [0.717, 1.165) is 0 Å². The van der Waals surface area contributed by atoms with Crippen LogP contribution in [0.4, 0.5) is 0 Å². The summed E-state index contributed by atoms with van der Waals surface area (Å²) < 4.78 is 1.90. The molecule has 0 unspecified atom stereocenters. The first-order valence-electron chi connectivity index (χ1n) is 4.35. The highest BCUT2D eigenvalue weighted by atomic mass is 28.3. The third-order valence-corrected chi connectivity index (χ3v) is 3.38. The average Bonchev–Trinajstić information content (AvgIpc) is 2.01. The Balaban J connectivity index is 3.38. The predicted molar refractivity (Wildman–Crippen MR) is 55.0 cm³/mol. The summed E-state index contributed by atoms with van der Waals surface area (Å²) in [5, 5.41) is 0. The summed E-state index contributed by atoms with van der Waals surface area (Å²) in [5.41, 5.74) is 0.451. The number of hydrogen-bond donors (Lipinski definition) is 0. The Hall–Kier alpha value is -1.30. The SMILES string of the molecule is CC(=O)N=c1ncncn1[Si](C)(C)C. The summed E-state index contributed by atoms with van der Waals surface area (Å²) in [6, 6.07) is 0. The number of carbonyl (C=O) groups is 1. The second kappa shape index (κ2) is 3.83. The topological polar surface area (TPSA) is 60.1 Å². The number of amides is 1. The van der Waals surface area contributed by atoms with Crippen molar-refractivity contribution in [3.8, 4) is 0 Å². The zero-order valence-electron chi connectivity index (χ0n) is 8.85. The molecule has 0 radical (unpaired) electrons. The van der Waals surface area contributed by atoms with Gasteiger partial charge in [0.05, 0.1) is 6.33 Å². The molecule has 0 bridgehead atoms. The van der Waals surface area contributed by atoms with Gasteiger partial charge in [0, 0.05) is 6.92 Å². The molecule has 1 aromatic rings. The highest BCUT2D eigenvalue weighted by molar-refractivity contribution is 6.74. The summed E-state index contributed by atoms with van der Waals surface area (Å²) >= 11 is 0. The molecule has 0 aromatic carbocycles. The van der Waals surface area contributed by atoms with E-state index in [4.69, 9.17) is 0 Å². The quantitative estimate of drug-likeness (QED) is 0.631. The summed E-state index contributed by atoms with van der Waals surface area (Å²) in [6.45, 7) is 7.82. The van der Waals surface area contributed by atoms with Crippen LogP contribution in [0.25, 0.3) is 0 Å². The van der Waals surface area contributed by atoms with Gasteiger partial charge in [-0.3, -0.25) is 4.79 Å². The normalized spacial score (nSPS) is 13.0. The maximum Gasteiger partial charge on any atom is 0.245 e. The smallest absolute Gasteiger partial charge is 0.245 e. The van der Waals surface area contributed by atoms with Gasteiger partial charge in [-0.1, -0.05) is 19.6 Å². The molecule has 0 fully saturated rings. The first kappa shape index (κ1) is 10.8. The Labute approximate surface area is 83.6 Å². The minimum atomic E-state index is -1.60. The molecule has 1 aromatic heterocycles. The van der Waals surface area contributed by atoms with E-state index in [-0.39, 0.29) is 5.91 Å². The van der Waals surface area contributed by atoms with Crippen LogP contribution >= 0.6 is 0 Å². The van der Waals surface area contributed by atoms with E-state index in [9.17, 15) is 4.79 Å². The molecule has 6 heteroatoms. The zero-order chi connectivity index (χ0) is 10.8. The molecule has 76 valence electrons. The van der Waals surface area contributed by atoms with Gasteiger partial charge in [-0.2, -0.15) is 4.99 Å². The molecule has 0 aliphatic carbocycles. The number of carbonyl (C=O) groups excluding carboxylic acids is 1. The van der Waals surface area contributed by atoms with Crippen LogP contribution in [-0.4, -0.2) is 28.3 Å². The van der Waals surface area contributed by atoms with E-state index >= 15 is 0 Å². The van der Waals surface area contributed by atoms with Crippen molar-refractivity contribution in [3.63, 3.8) is 0 Å². The van der Waals surface area contributed by atoms with Gasteiger partial charge in [-0.05, 0) is 0 Å². The van der Waals surface area contributed by atoms with Gasteiger partial charge in [0.25, 0.3) is 0 Å². The van der Waals surface area contributed by atoms with E-state index in [1.165, 1.54) is 13.3 Å². The van der Waals surface area contributed by atoms with Crippen molar-refractivity contribution in [2.45, 2.75) is 26.6 Å². The lowest BCUT2D eigenvalue weighted by molar-refractivity contribution is -0.116. The van der Waals surface area contributed by atoms with Gasteiger partial charge in [0.2, 0.25) is 11.5 Å². The van der Waals surface area contributed by atoms with Crippen LogP contribution in [0.3, 0.4) is 0 Å². The molecule has 1 heterocycles. The van der Waals surface area contributed by atoms with Crippen LogP contribution in [0.15, 0.2) is 17.6 Å². The van der Waals surface area contributed by atoms with Crippen LogP contribution < -0.4 is 5.62 Å². The van der Waals surface area contributed by atoms with Crippen LogP contribution in [0.5, 0.6) is 0 Å². The van der Waals surface area contributed by atoms with E-state index in [2.05, 4.69) is 34.6 Å². The summed E-state index contributed by atoms with van der Waals surface area (Å²) in [4.78, 5) is 22.6. The van der Waals surface area contributed by atoms with Crippen molar-refractivity contribution in [3.05, 3.63) is 18.3 Å². The highest BCUT2D eigenvalue weighted by Crippen LogP contribution is 1.99. The number of nitrogens with zero attached hydrogens (tertiary/aromatic N) is 4. The summed E-state index contributed by atoms with van der Waals surface area (Å²) in [6.07, 6.45) is 3.08. The maximum atomic E-state index is 10.9. The van der Waals surface area contributed by atoms with E-state index in [1.807, 2.05) is 4.23 Å². The van der Waals surface area contributed by atoms with Crippen LogP contribution in [0, 0.1) is 0 Å². The molecule has 14 heavy (non-hydrogen) atoms. The van der Waals surface area contributed by atoms with Gasteiger partial charge < -0.3 is 4.23 Å². The first-order chi connectivity index (χ1) is 6.41. The van der Waals surface area contributed by atoms with E-state index < -0.39 is 8.24 Å². The van der Waals surface area contributed by atoms with Gasteiger partial charge in [-0.25, -0.2) is 9.97 Å². The standard InChI is InChI=1S/C8H14N4OSi/c1-7(13)11-8-10-5-9-6-12(8)14(2,3)4/h5-6H,1-4H3. The predicted octanol–water partition coefficient (Wildman–Crippen LogP) is 0.408. The Kier molecular flexibility index (Phi) is 2.95. The largest absolute Gasteiger partial charge is 0.330 e. The van der Waals surface area contributed by atoms with Crippen molar-refractivity contribution >= 4 is 14.1 Å². The number of rotatable bonds is 1. The van der Waals surface area contributed by atoms with Crippen LogP contribution in [0.1, 0.15) is 6.92 Å². The minimum Gasteiger partial charge on any atom is -0.330 e. The molecule has 0 N–H and O–H groups in total. The fourth-order valence-corrected chi connectivity index (χ4v) is 2.11. The molecular formula is C8H14N4OSi. The molecular weight excluding hydrogens is 196 g/mol. The highest BCUT2D eigenvalue weighted by Gasteiger charge is 2.17. The zero-order valence-corrected chi connectivity index (χ0v) is 9.85. The molecule has 5 nitrogen and oxygen atoms in total. The summed E-state index contributed by atoms with van der Waals surface area (Å²) in [7, 11) is -1.60. The second-order valence-corrected chi connectivity index (χ2v) is 8.80. The van der Waals surface area contributed by atoms with Gasteiger partial charge in [-0.15, -0.1) is 0 Å². The average molecular weight is 210 g/mol. The Morgan fingerprint density at radius 1 is 1.50 bits per heavy atom. The molecule has 0 spiro atoms. The van der Waals surface area contributed by atoms with Crippen molar-refractivity contribution in [1.29, 1.82) is 0 Å². The maximum absolute atomic E-state index is 10.9. The van der Waals surface area contributed by atoms with E-state index in [1.54, 1.807) is 6.33 Å². The van der Waals surface area contributed by atoms with Crippen molar-refractivity contribution in [1.82, 2.24) is 14.2 Å². The van der Waals surface area contributed by atoms with Crippen LogP contribution in [-0.2, 0) is 4.79 Å². The minimum absolute atomic E-state index is 0.240. The van der Waals surface area contributed by atoms with Crippen LogP contribution in [0.2, 0.25) is 19.6 Å². The molecule has 0 saturated heterocycles. The summed E-state index contributed by atoms with van der Waals surface area (Å²) in [5.74, 6) is -0.240. The Morgan fingerprint density at radius 2 is 2.14 bits per heavy atom. The van der Waals surface area contributed by atoms with Gasteiger partial charge in [0.1, 0.15) is 6.33 Å². The monoisotopic (exact) mass is 210 g/mol. The van der Waals surface area contributed by atoms with Crippen molar-refractivity contribution < 1.29 is 4.79 Å². The second-order valence-electron chi connectivity index (χ2n) is 3.98. The molecule has 0 atom stereocenters. The fourth-order valence-electron chi connectivity index (χ4n) is 0.992. The first-order valence-corrected chi connectivity index (χ1v) is 7.80. The van der Waals surface area contributed by atoms with Crippen molar-refractivity contribution in [2.24, 2.45) is 4.99 Å². The van der Waals surface area contributed by atoms with Gasteiger partial charge in [0.15, 0.2) is 8.24 Å². The molecule has 1 amide bonds. The van der Waals surface area contributed by atoms with E-state index in [0.29, 0.717) is 5.62 Å². The molecule has 0 aliphatic rings. The lowest BCUT2D eigenvalue weighted by Crippen LogP contribution is -2.43. The third kappa shape index (κ3) is 2.59. The molecule has 0 aliphatic heterocycles. The Morgan fingerprint density at radius 3 is 2.64 bits per heavy atom. The number of hydrogen-bond acceptors (Lipinski definition) is 3. The lowest BCUT2D eigenvalue weighted by Gasteiger charge is -2.18. The fraction of sp³-hybridized carbons (Fsp3) is 0.500. The lowest BCUT2D eigenvalue weighted by atomic mass is 10.7. The molecule has 0 saturated carbocycles. The molecule has 1 rings (SSSR count). The van der Waals surface area contributed by atoms with Gasteiger partial charge >= 0.3 is 0 Å². The van der Waals surface area contributed by atoms with Crippen molar-refractivity contribution in [2.75, 3.05) is 0 Å². The number of aromatic nitrogens is 3. The Bertz CT molecular complexity index is 404. The third-order valence-electron chi connectivity index (χ3n) is 1.62.